The molecule has 0 unspecified atom stereocenters. The molecule has 0 saturated heterocycles. The number of nitrogens with zero attached hydrogens (tertiary/aromatic N) is 4. The van der Waals surface area contributed by atoms with Gasteiger partial charge >= 0.3 is 0 Å². The fourth-order valence-electron chi connectivity index (χ4n) is 2.14. The maximum atomic E-state index is 5.91. The van der Waals surface area contributed by atoms with Crippen molar-refractivity contribution in [3.8, 4) is 22.6 Å². The molecular formula is C15H9ClN4S. The monoisotopic (exact) mass is 312 g/mol. The lowest BCUT2D eigenvalue weighted by Gasteiger charge is -1.99. The molecule has 102 valence electrons. The van der Waals surface area contributed by atoms with Gasteiger partial charge in [-0.25, -0.2) is 4.98 Å². The van der Waals surface area contributed by atoms with E-state index < -0.39 is 0 Å². The maximum Gasteiger partial charge on any atom is 0.253 e. The minimum Gasteiger partial charge on any atom is -0.220 e. The highest BCUT2D eigenvalue weighted by molar-refractivity contribution is 7.08. The first-order chi connectivity index (χ1) is 10.3. The number of thiophene rings is 1. The van der Waals surface area contributed by atoms with Crippen LogP contribution < -0.4 is 0 Å². The molecule has 4 rings (SSSR count). The Morgan fingerprint density at radius 1 is 1.00 bits per heavy atom. The highest BCUT2D eigenvalue weighted by Gasteiger charge is 2.11. The van der Waals surface area contributed by atoms with Crippen molar-refractivity contribution < 1.29 is 0 Å². The molecule has 0 amide bonds. The van der Waals surface area contributed by atoms with Crippen molar-refractivity contribution in [2.24, 2.45) is 0 Å². The summed E-state index contributed by atoms with van der Waals surface area (Å²) >= 11 is 7.56. The van der Waals surface area contributed by atoms with Crippen molar-refractivity contribution in [1.29, 1.82) is 0 Å². The SMILES string of the molecule is Clc1ccc(-c2nc3nccc(-c4ccsc4)n3n2)cc1. The van der Waals surface area contributed by atoms with Crippen LogP contribution in [0.4, 0.5) is 0 Å². The van der Waals surface area contributed by atoms with E-state index in [0.29, 0.717) is 16.6 Å². The predicted molar refractivity (Wildman–Crippen MR) is 84.5 cm³/mol. The smallest absolute Gasteiger partial charge is 0.220 e. The van der Waals surface area contributed by atoms with Crippen LogP contribution in [-0.4, -0.2) is 19.6 Å². The van der Waals surface area contributed by atoms with Crippen LogP contribution in [0.15, 0.2) is 53.4 Å². The van der Waals surface area contributed by atoms with Gasteiger partial charge in [-0.05, 0) is 41.8 Å². The molecule has 0 saturated carbocycles. The lowest BCUT2D eigenvalue weighted by atomic mass is 10.2. The van der Waals surface area contributed by atoms with Crippen molar-refractivity contribution in [2.45, 2.75) is 0 Å². The van der Waals surface area contributed by atoms with E-state index in [4.69, 9.17) is 11.6 Å². The van der Waals surface area contributed by atoms with E-state index in [1.165, 1.54) is 0 Å². The van der Waals surface area contributed by atoms with Gasteiger partial charge in [0.1, 0.15) is 0 Å². The van der Waals surface area contributed by atoms with Gasteiger partial charge < -0.3 is 0 Å². The molecule has 4 nitrogen and oxygen atoms in total. The van der Waals surface area contributed by atoms with Crippen molar-refractivity contribution >= 4 is 28.7 Å². The third-order valence-electron chi connectivity index (χ3n) is 3.16. The molecule has 0 spiro atoms. The number of halogens is 1. The van der Waals surface area contributed by atoms with E-state index in [1.807, 2.05) is 35.7 Å². The van der Waals surface area contributed by atoms with Gasteiger partial charge in [0.15, 0.2) is 5.82 Å². The molecule has 0 aliphatic heterocycles. The fourth-order valence-corrected chi connectivity index (χ4v) is 2.92. The van der Waals surface area contributed by atoms with Gasteiger partial charge in [-0.3, -0.25) is 0 Å². The van der Waals surface area contributed by atoms with Crippen molar-refractivity contribution in [3.63, 3.8) is 0 Å². The number of hydrogen-bond donors (Lipinski definition) is 0. The Labute approximate surface area is 129 Å². The Morgan fingerprint density at radius 3 is 2.62 bits per heavy atom. The van der Waals surface area contributed by atoms with Crippen LogP contribution in [-0.2, 0) is 0 Å². The summed E-state index contributed by atoms with van der Waals surface area (Å²) in [6, 6.07) is 11.5. The lowest BCUT2D eigenvalue weighted by molar-refractivity contribution is 0.952. The highest BCUT2D eigenvalue weighted by Crippen LogP contribution is 2.24. The molecule has 0 bridgehead atoms. The van der Waals surface area contributed by atoms with E-state index in [1.54, 1.807) is 22.0 Å². The van der Waals surface area contributed by atoms with Gasteiger partial charge in [0, 0.05) is 27.7 Å². The maximum absolute atomic E-state index is 5.91. The Hall–Kier alpha value is -2.24. The highest BCUT2D eigenvalue weighted by atomic mass is 35.5. The normalized spacial score (nSPS) is 11.1. The summed E-state index contributed by atoms with van der Waals surface area (Å²) in [4.78, 5) is 8.77. The van der Waals surface area contributed by atoms with Crippen LogP contribution >= 0.6 is 22.9 Å². The Bertz CT molecular complexity index is 897. The minimum atomic E-state index is 0.587. The van der Waals surface area contributed by atoms with Crippen LogP contribution in [0.25, 0.3) is 28.4 Å². The second-order valence-corrected chi connectivity index (χ2v) is 5.71. The molecule has 0 aliphatic carbocycles. The van der Waals surface area contributed by atoms with Crippen LogP contribution in [0, 0.1) is 0 Å². The first-order valence-electron chi connectivity index (χ1n) is 6.31. The Kier molecular flexibility index (Phi) is 2.94. The molecule has 21 heavy (non-hydrogen) atoms. The molecule has 0 fully saturated rings. The van der Waals surface area contributed by atoms with Crippen molar-refractivity contribution in [2.75, 3.05) is 0 Å². The summed E-state index contributed by atoms with van der Waals surface area (Å²) in [7, 11) is 0. The average molecular weight is 313 g/mol. The quantitative estimate of drug-likeness (QED) is 0.558. The number of fused-ring (bicyclic) bond motifs is 1. The molecular weight excluding hydrogens is 304 g/mol. The van der Waals surface area contributed by atoms with E-state index in [-0.39, 0.29) is 0 Å². The van der Waals surface area contributed by atoms with Crippen molar-refractivity contribution in [3.05, 3.63) is 58.4 Å². The van der Waals surface area contributed by atoms with E-state index in [0.717, 1.165) is 16.8 Å². The second-order valence-electron chi connectivity index (χ2n) is 4.50. The molecule has 0 N–H and O–H groups in total. The van der Waals surface area contributed by atoms with E-state index in [2.05, 4.69) is 26.5 Å². The number of hydrogen-bond acceptors (Lipinski definition) is 4. The molecule has 0 aliphatic rings. The third-order valence-corrected chi connectivity index (χ3v) is 4.10. The van der Waals surface area contributed by atoms with Crippen LogP contribution in [0.1, 0.15) is 0 Å². The zero-order valence-corrected chi connectivity index (χ0v) is 12.3. The fraction of sp³-hybridized carbons (Fsp3) is 0. The predicted octanol–water partition coefficient (Wildman–Crippen LogP) is 4.17. The summed E-state index contributed by atoms with van der Waals surface area (Å²) in [6.45, 7) is 0. The Balaban J connectivity index is 1.90. The first-order valence-corrected chi connectivity index (χ1v) is 7.64. The third kappa shape index (κ3) is 2.20. The number of rotatable bonds is 2. The average Bonchev–Trinajstić information content (AvgIpc) is 3.17. The van der Waals surface area contributed by atoms with E-state index >= 15 is 0 Å². The molecule has 6 heteroatoms. The molecule has 3 heterocycles. The van der Waals surface area contributed by atoms with Crippen LogP contribution in [0.3, 0.4) is 0 Å². The van der Waals surface area contributed by atoms with Gasteiger partial charge in [-0.1, -0.05) is 11.6 Å². The summed E-state index contributed by atoms with van der Waals surface area (Å²) in [5.41, 5.74) is 3.01. The van der Waals surface area contributed by atoms with Gasteiger partial charge in [-0.15, -0.1) is 5.10 Å². The zero-order chi connectivity index (χ0) is 14.2. The summed E-state index contributed by atoms with van der Waals surface area (Å²) in [5.74, 6) is 1.23. The van der Waals surface area contributed by atoms with Gasteiger partial charge in [-0.2, -0.15) is 20.8 Å². The van der Waals surface area contributed by atoms with E-state index in [9.17, 15) is 0 Å². The first kappa shape index (κ1) is 12.5. The molecule has 0 radical (unpaired) electrons. The number of benzene rings is 1. The van der Waals surface area contributed by atoms with Gasteiger partial charge in [0.2, 0.25) is 0 Å². The molecule has 4 aromatic rings. The summed E-state index contributed by atoms with van der Waals surface area (Å²) in [6.07, 6.45) is 1.75. The molecule has 1 aromatic carbocycles. The van der Waals surface area contributed by atoms with Gasteiger partial charge in [0.05, 0.1) is 5.69 Å². The van der Waals surface area contributed by atoms with Gasteiger partial charge in [0.25, 0.3) is 5.78 Å². The van der Waals surface area contributed by atoms with Crippen LogP contribution in [0.5, 0.6) is 0 Å². The topological polar surface area (TPSA) is 43.1 Å². The number of aromatic nitrogens is 4. The molecule has 0 atom stereocenters. The zero-order valence-electron chi connectivity index (χ0n) is 10.8. The van der Waals surface area contributed by atoms with Crippen molar-refractivity contribution in [1.82, 2.24) is 19.6 Å². The van der Waals surface area contributed by atoms with Crippen LogP contribution in [0.2, 0.25) is 5.02 Å². The second kappa shape index (κ2) is 4.95. The lowest BCUT2D eigenvalue weighted by Crippen LogP contribution is -1.94. The Morgan fingerprint density at radius 2 is 1.86 bits per heavy atom. The largest absolute Gasteiger partial charge is 0.253 e. The summed E-state index contributed by atoms with van der Waals surface area (Å²) < 4.78 is 1.77. The molecule has 3 aromatic heterocycles. The standard InChI is InChI=1S/C15H9ClN4S/c16-12-3-1-10(2-4-12)14-18-15-17-7-5-13(20(15)19-14)11-6-8-21-9-11/h1-9H. The summed E-state index contributed by atoms with van der Waals surface area (Å²) in [5, 5.41) is 9.39. The minimum absolute atomic E-state index is 0.587.